The highest BCUT2D eigenvalue weighted by molar-refractivity contribution is 5.81. The monoisotopic (exact) mass is 267 g/mol. The summed E-state index contributed by atoms with van der Waals surface area (Å²) in [6.07, 6.45) is 7.45. The Kier molecular flexibility index (Phi) is 3.95. The third-order valence-corrected chi connectivity index (χ3v) is 3.85. The summed E-state index contributed by atoms with van der Waals surface area (Å²) in [5.41, 5.74) is 2.16. The average Bonchev–Trinajstić information content (AvgIpc) is 2.91. The molecule has 0 bridgehead atoms. The standard InChI is InChI=1S/C17H21N3/c1-2-3-4-5-6-11-16-18-19-17-13-12-14-9-7-8-10-15(14)20(16)17/h7-10,12-13H,2-6,11H2,1H3. The van der Waals surface area contributed by atoms with Gasteiger partial charge in [-0.2, -0.15) is 0 Å². The van der Waals surface area contributed by atoms with Crippen LogP contribution in [0.1, 0.15) is 44.9 Å². The molecule has 3 aromatic rings. The zero-order valence-electron chi connectivity index (χ0n) is 12.0. The fraction of sp³-hybridized carbons (Fsp3) is 0.412. The highest BCUT2D eigenvalue weighted by atomic mass is 15.2. The second kappa shape index (κ2) is 6.04. The first-order valence-corrected chi connectivity index (χ1v) is 7.62. The van der Waals surface area contributed by atoms with Crippen LogP contribution in [0.15, 0.2) is 36.4 Å². The molecule has 0 N–H and O–H groups in total. The molecule has 0 aliphatic carbocycles. The van der Waals surface area contributed by atoms with Crippen molar-refractivity contribution in [3.8, 4) is 0 Å². The van der Waals surface area contributed by atoms with E-state index in [1.807, 2.05) is 0 Å². The van der Waals surface area contributed by atoms with Crippen molar-refractivity contribution in [1.29, 1.82) is 0 Å². The predicted molar refractivity (Wildman–Crippen MR) is 83.0 cm³/mol. The Morgan fingerprint density at radius 1 is 0.900 bits per heavy atom. The van der Waals surface area contributed by atoms with Gasteiger partial charge >= 0.3 is 0 Å². The van der Waals surface area contributed by atoms with Crippen LogP contribution in [0.4, 0.5) is 0 Å². The fourth-order valence-electron chi connectivity index (χ4n) is 2.75. The average molecular weight is 267 g/mol. The molecule has 0 amide bonds. The van der Waals surface area contributed by atoms with Gasteiger partial charge in [-0.05, 0) is 30.0 Å². The van der Waals surface area contributed by atoms with Crippen molar-refractivity contribution in [2.45, 2.75) is 45.4 Å². The molecule has 0 saturated heterocycles. The summed E-state index contributed by atoms with van der Waals surface area (Å²) < 4.78 is 2.20. The number of rotatable bonds is 6. The minimum Gasteiger partial charge on any atom is -0.279 e. The van der Waals surface area contributed by atoms with Crippen LogP contribution in [0.25, 0.3) is 16.6 Å². The lowest BCUT2D eigenvalue weighted by Gasteiger charge is -2.04. The second-order valence-electron chi connectivity index (χ2n) is 5.37. The van der Waals surface area contributed by atoms with Gasteiger partial charge in [-0.25, -0.2) is 0 Å². The van der Waals surface area contributed by atoms with Gasteiger partial charge < -0.3 is 0 Å². The number of pyridine rings is 1. The Labute approximate surface area is 119 Å². The maximum absolute atomic E-state index is 4.38. The SMILES string of the molecule is CCCCCCCc1nnc2ccc3ccccc3n12. The zero-order chi connectivity index (χ0) is 13.8. The molecule has 0 aliphatic heterocycles. The van der Waals surface area contributed by atoms with Crippen LogP contribution in [0.3, 0.4) is 0 Å². The number of para-hydroxylation sites is 1. The van der Waals surface area contributed by atoms with Gasteiger partial charge in [0.25, 0.3) is 0 Å². The van der Waals surface area contributed by atoms with Gasteiger partial charge in [0.15, 0.2) is 5.65 Å². The van der Waals surface area contributed by atoms with Crippen LogP contribution in [0.5, 0.6) is 0 Å². The minimum atomic E-state index is 0.951. The normalized spacial score (nSPS) is 11.4. The van der Waals surface area contributed by atoms with E-state index in [2.05, 4.69) is 57.9 Å². The highest BCUT2D eigenvalue weighted by Gasteiger charge is 2.08. The molecular weight excluding hydrogens is 246 g/mol. The number of aromatic nitrogens is 3. The molecule has 0 radical (unpaired) electrons. The molecule has 104 valence electrons. The molecule has 2 heterocycles. The quantitative estimate of drug-likeness (QED) is 0.620. The molecule has 0 atom stereocenters. The van der Waals surface area contributed by atoms with Gasteiger partial charge in [0.1, 0.15) is 5.82 Å². The lowest BCUT2D eigenvalue weighted by Crippen LogP contribution is -1.96. The highest BCUT2D eigenvalue weighted by Crippen LogP contribution is 2.18. The van der Waals surface area contributed by atoms with Gasteiger partial charge in [0, 0.05) is 6.42 Å². The molecule has 0 spiro atoms. The molecule has 2 aromatic heterocycles. The number of unbranched alkanes of at least 4 members (excludes halogenated alkanes) is 4. The van der Waals surface area contributed by atoms with Gasteiger partial charge in [-0.1, -0.05) is 50.8 Å². The van der Waals surface area contributed by atoms with Crippen LogP contribution in [-0.4, -0.2) is 14.6 Å². The van der Waals surface area contributed by atoms with Crippen LogP contribution >= 0.6 is 0 Å². The lowest BCUT2D eigenvalue weighted by molar-refractivity contribution is 0.621. The number of hydrogen-bond acceptors (Lipinski definition) is 2. The van der Waals surface area contributed by atoms with E-state index >= 15 is 0 Å². The van der Waals surface area contributed by atoms with E-state index in [1.54, 1.807) is 0 Å². The van der Waals surface area contributed by atoms with E-state index in [0.29, 0.717) is 0 Å². The topological polar surface area (TPSA) is 30.2 Å². The summed E-state index contributed by atoms with van der Waals surface area (Å²) in [5, 5.41) is 9.92. The van der Waals surface area contributed by atoms with Gasteiger partial charge in [-0.3, -0.25) is 4.40 Å². The Morgan fingerprint density at radius 2 is 1.75 bits per heavy atom. The predicted octanol–water partition coefficient (Wildman–Crippen LogP) is 4.40. The van der Waals surface area contributed by atoms with Gasteiger partial charge in [0.05, 0.1) is 5.52 Å². The first-order chi connectivity index (χ1) is 9.90. The van der Waals surface area contributed by atoms with Crippen LogP contribution in [0, 0.1) is 0 Å². The number of aryl methyl sites for hydroxylation is 1. The molecule has 0 fully saturated rings. The molecular formula is C17H21N3. The number of nitrogens with zero attached hydrogens (tertiary/aromatic N) is 3. The fourth-order valence-corrected chi connectivity index (χ4v) is 2.75. The molecule has 20 heavy (non-hydrogen) atoms. The van der Waals surface area contributed by atoms with Crippen LogP contribution in [0.2, 0.25) is 0 Å². The Bertz CT molecular complexity index is 700. The summed E-state index contributed by atoms with van der Waals surface area (Å²) in [6.45, 7) is 2.25. The molecule has 0 saturated carbocycles. The van der Waals surface area contributed by atoms with E-state index in [0.717, 1.165) is 17.9 Å². The maximum atomic E-state index is 4.38. The van der Waals surface area contributed by atoms with Crippen molar-refractivity contribution in [1.82, 2.24) is 14.6 Å². The first kappa shape index (κ1) is 13.1. The largest absolute Gasteiger partial charge is 0.279 e. The summed E-state index contributed by atoms with van der Waals surface area (Å²) >= 11 is 0. The van der Waals surface area contributed by atoms with Crippen molar-refractivity contribution < 1.29 is 0 Å². The van der Waals surface area contributed by atoms with Crippen molar-refractivity contribution in [2.75, 3.05) is 0 Å². The Balaban J connectivity index is 1.86. The van der Waals surface area contributed by atoms with Gasteiger partial charge in [-0.15, -0.1) is 10.2 Å². The Hall–Kier alpha value is -1.90. The van der Waals surface area contributed by atoms with E-state index in [4.69, 9.17) is 0 Å². The molecule has 3 rings (SSSR count). The van der Waals surface area contributed by atoms with E-state index < -0.39 is 0 Å². The molecule has 3 nitrogen and oxygen atoms in total. The lowest BCUT2D eigenvalue weighted by atomic mass is 10.1. The van der Waals surface area contributed by atoms with Crippen molar-refractivity contribution in [3.63, 3.8) is 0 Å². The third-order valence-electron chi connectivity index (χ3n) is 3.85. The van der Waals surface area contributed by atoms with Crippen molar-refractivity contribution in [2.24, 2.45) is 0 Å². The number of fused-ring (bicyclic) bond motifs is 3. The maximum Gasteiger partial charge on any atom is 0.161 e. The molecule has 3 heteroatoms. The number of hydrogen-bond donors (Lipinski definition) is 0. The van der Waals surface area contributed by atoms with Crippen LogP contribution < -0.4 is 0 Å². The minimum absolute atomic E-state index is 0.951. The molecule has 1 aromatic carbocycles. The summed E-state index contributed by atoms with van der Waals surface area (Å²) in [6, 6.07) is 12.6. The van der Waals surface area contributed by atoms with E-state index in [9.17, 15) is 0 Å². The molecule has 0 unspecified atom stereocenters. The van der Waals surface area contributed by atoms with Crippen molar-refractivity contribution in [3.05, 3.63) is 42.2 Å². The Morgan fingerprint density at radius 3 is 2.65 bits per heavy atom. The van der Waals surface area contributed by atoms with Crippen molar-refractivity contribution >= 4 is 16.6 Å². The second-order valence-corrected chi connectivity index (χ2v) is 5.37. The summed E-state index contributed by atoms with van der Waals surface area (Å²) in [4.78, 5) is 0. The van der Waals surface area contributed by atoms with Gasteiger partial charge in [0.2, 0.25) is 0 Å². The molecule has 0 aliphatic rings. The summed E-state index contributed by atoms with van der Waals surface area (Å²) in [7, 11) is 0. The number of benzene rings is 1. The summed E-state index contributed by atoms with van der Waals surface area (Å²) in [5.74, 6) is 1.09. The van der Waals surface area contributed by atoms with Crippen LogP contribution in [-0.2, 0) is 6.42 Å². The van der Waals surface area contributed by atoms with E-state index in [1.165, 1.54) is 43.0 Å². The van der Waals surface area contributed by atoms with E-state index in [-0.39, 0.29) is 0 Å². The third kappa shape index (κ3) is 2.53. The first-order valence-electron chi connectivity index (χ1n) is 7.62. The smallest absolute Gasteiger partial charge is 0.161 e. The zero-order valence-corrected chi connectivity index (χ0v) is 12.0.